The zero-order valence-electron chi connectivity index (χ0n) is 45.5. The zero-order chi connectivity index (χ0) is 55.8. The van der Waals surface area contributed by atoms with E-state index in [0.29, 0.717) is 18.5 Å². The quantitative estimate of drug-likeness (QED) is 0.0509. The molecule has 76 heavy (non-hydrogen) atoms. The lowest BCUT2D eigenvalue weighted by atomic mass is 9.91. The van der Waals surface area contributed by atoms with Gasteiger partial charge in [-0.1, -0.05) is 30.3 Å². The first-order chi connectivity index (χ1) is 35.4. The van der Waals surface area contributed by atoms with E-state index in [4.69, 9.17) is 38.6 Å². The van der Waals surface area contributed by atoms with Crippen LogP contribution in [0, 0.1) is 11.7 Å². The summed E-state index contributed by atoms with van der Waals surface area (Å²) in [6.45, 7) is 22.0. The monoisotopic (exact) mass is 1060 g/mol. The number of carbonyl (C=O) groups excluding carboxylic acids is 5. The predicted octanol–water partition coefficient (Wildman–Crippen LogP) is 8.74. The van der Waals surface area contributed by atoms with Gasteiger partial charge in [-0.15, -0.1) is 0 Å². The number of halogens is 1. The number of aromatic hydroxyl groups is 1. The molecule has 21 nitrogen and oxygen atoms in total. The largest absolute Gasteiger partial charge is 0.507 e. The fraction of sp³-hybridized carbons (Fsp3) is 0.519. The molecular weight excluding hydrogens is 984 g/mol. The molecule has 0 aliphatic carbocycles. The molecule has 0 unspecified atom stereocenters. The van der Waals surface area contributed by atoms with Gasteiger partial charge in [-0.25, -0.2) is 18.8 Å². The molecule has 0 spiro atoms. The van der Waals surface area contributed by atoms with Crippen molar-refractivity contribution in [2.24, 2.45) is 5.92 Å². The normalized spacial score (nSPS) is 18.1. The van der Waals surface area contributed by atoms with Crippen molar-refractivity contribution in [2.75, 3.05) is 46.6 Å². The Hall–Kier alpha value is -7.65. The molecule has 0 saturated carbocycles. The van der Waals surface area contributed by atoms with Gasteiger partial charge in [0.1, 0.15) is 46.3 Å². The van der Waals surface area contributed by atoms with Crippen molar-refractivity contribution in [1.29, 1.82) is 0 Å². The fourth-order valence-electron chi connectivity index (χ4n) is 8.40. The molecule has 0 bridgehead atoms. The van der Waals surface area contributed by atoms with Crippen LogP contribution in [0.15, 0.2) is 66.7 Å². The molecule has 412 valence electrons. The number of rotatable bonds is 14. The highest BCUT2D eigenvalue weighted by atomic mass is 19.1. The summed E-state index contributed by atoms with van der Waals surface area (Å²) in [4.78, 5) is 85.1. The number of benzene rings is 3. The maximum Gasteiger partial charge on any atom is 0.407 e. The second-order valence-corrected chi connectivity index (χ2v) is 23.0. The van der Waals surface area contributed by atoms with Crippen molar-refractivity contribution < 1.29 is 57.2 Å². The number of hydrogen-bond donors (Lipinski definition) is 6. The molecule has 4 aromatic rings. The summed E-state index contributed by atoms with van der Waals surface area (Å²) in [6.07, 6.45) is -1.27. The topological polar surface area (TPSA) is 257 Å². The van der Waals surface area contributed by atoms with Crippen molar-refractivity contribution in [1.82, 2.24) is 30.9 Å². The second kappa shape index (κ2) is 23.9. The summed E-state index contributed by atoms with van der Waals surface area (Å²) in [5.41, 5.74) is -1.86. The van der Waals surface area contributed by atoms with Gasteiger partial charge < -0.3 is 65.2 Å². The van der Waals surface area contributed by atoms with Gasteiger partial charge >= 0.3 is 24.2 Å². The van der Waals surface area contributed by atoms with Crippen LogP contribution >= 0.6 is 0 Å². The van der Waals surface area contributed by atoms with Crippen LogP contribution in [0.1, 0.15) is 118 Å². The molecule has 4 atom stereocenters. The van der Waals surface area contributed by atoms with E-state index >= 15 is 0 Å². The molecule has 3 heterocycles. The molecule has 1 aromatic heterocycles. The Morgan fingerprint density at radius 1 is 0.632 bits per heavy atom. The molecule has 2 aliphatic heterocycles. The van der Waals surface area contributed by atoms with Crippen LogP contribution < -0.4 is 41.1 Å². The summed E-state index contributed by atoms with van der Waals surface area (Å²) < 4.78 is 42.8. The van der Waals surface area contributed by atoms with E-state index < -0.39 is 82.3 Å². The molecular formula is C54H73FN10O11. The molecule has 6 N–H and O–H groups in total. The first-order valence-corrected chi connectivity index (χ1v) is 25.2. The average molecular weight is 1060 g/mol. The van der Waals surface area contributed by atoms with Gasteiger partial charge in [-0.3, -0.25) is 9.59 Å². The Kier molecular flexibility index (Phi) is 18.1. The van der Waals surface area contributed by atoms with E-state index in [-0.39, 0.29) is 80.0 Å². The van der Waals surface area contributed by atoms with Crippen LogP contribution in [0.25, 0.3) is 0 Å². The Labute approximate surface area is 443 Å². The minimum Gasteiger partial charge on any atom is -0.507 e. The van der Waals surface area contributed by atoms with E-state index in [0.717, 1.165) is 17.7 Å². The van der Waals surface area contributed by atoms with E-state index in [2.05, 4.69) is 26.6 Å². The van der Waals surface area contributed by atoms with Gasteiger partial charge in [-0.05, 0) is 132 Å². The number of nitrogens with zero attached hydrogens (tertiary/aromatic N) is 5. The standard InChI is InChI=1S/C54H73FN10O11/c1-51(2,3)73-43(67)23-33-22-36(57-48(69)74-52(4,5)6)28-64(27-33)46-61-45(62-47(63-46)65-29-37(58-49(70)75-53(7,8)9)25-38(30-65)59-50(71)76-54(10,11)12)56-35-19-21-40(42(26-35)72-31-32-16-14-13-15-17-32)60-44(68)39-20-18-34(55)24-41(39)66/h13-21,24,26,33,36-38,66H,22-23,25,27-31H2,1-12H3,(H,57,69)(H,58,70)(H,59,71)(H,60,68)(H,56,61,62,63)/t33-,36-,37-,38+/m0/s1. The molecule has 22 heteroatoms. The number of nitrogens with one attached hydrogen (secondary N) is 5. The molecule has 2 aliphatic rings. The van der Waals surface area contributed by atoms with Crippen molar-refractivity contribution in [3.8, 4) is 11.5 Å². The molecule has 2 saturated heterocycles. The van der Waals surface area contributed by atoms with Crippen LogP contribution in [0.3, 0.4) is 0 Å². The molecule has 3 aromatic carbocycles. The number of carbonyl (C=O) groups is 5. The summed E-state index contributed by atoms with van der Waals surface area (Å²) in [6, 6.07) is 15.5. The maximum atomic E-state index is 13.9. The smallest absolute Gasteiger partial charge is 0.407 e. The summed E-state index contributed by atoms with van der Waals surface area (Å²) in [5, 5.41) is 25.3. The number of esters is 1. The first kappa shape index (κ1) is 57.6. The lowest BCUT2D eigenvalue weighted by Crippen LogP contribution is -2.58. The number of ether oxygens (including phenoxy) is 5. The highest BCUT2D eigenvalue weighted by molar-refractivity contribution is 6.07. The highest BCUT2D eigenvalue weighted by Gasteiger charge is 2.37. The van der Waals surface area contributed by atoms with Gasteiger partial charge in [0.15, 0.2) is 0 Å². The minimum absolute atomic E-state index is 0.0148. The lowest BCUT2D eigenvalue weighted by molar-refractivity contribution is -0.156. The Morgan fingerprint density at radius 2 is 1.14 bits per heavy atom. The molecule has 6 rings (SSSR count). The van der Waals surface area contributed by atoms with Crippen LogP contribution in [0.5, 0.6) is 11.5 Å². The maximum absolute atomic E-state index is 13.9. The molecule has 2 fully saturated rings. The number of phenols is 1. The highest BCUT2D eigenvalue weighted by Crippen LogP contribution is 2.34. The third-order valence-electron chi connectivity index (χ3n) is 11.1. The van der Waals surface area contributed by atoms with Crippen molar-refractivity contribution in [2.45, 2.75) is 149 Å². The van der Waals surface area contributed by atoms with E-state index in [9.17, 15) is 33.5 Å². The molecule has 4 amide bonds. The van der Waals surface area contributed by atoms with Crippen LogP contribution in [-0.4, -0.2) is 117 Å². The first-order valence-electron chi connectivity index (χ1n) is 25.2. The van der Waals surface area contributed by atoms with Gasteiger partial charge in [-0.2, -0.15) is 15.0 Å². The van der Waals surface area contributed by atoms with E-state index in [1.165, 1.54) is 6.07 Å². The van der Waals surface area contributed by atoms with Crippen molar-refractivity contribution >= 4 is 59.4 Å². The van der Waals surface area contributed by atoms with Gasteiger partial charge in [0, 0.05) is 44.0 Å². The summed E-state index contributed by atoms with van der Waals surface area (Å²) >= 11 is 0. The number of alkyl carbamates (subject to hydrolysis) is 3. The van der Waals surface area contributed by atoms with E-state index in [1.54, 1.807) is 106 Å². The van der Waals surface area contributed by atoms with Gasteiger partial charge in [0.2, 0.25) is 17.8 Å². The number of amides is 4. The van der Waals surface area contributed by atoms with Crippen LogP contribution in [-0.2, 0) is 30.3 Å². The van der Waals surface area contributed by atoms with Gasteiger partial charge in [0.25, 0.3) is 5.91 Å². The number of phenolic OH excluding ortho intramolecular Hbond substituents is 1. The minimum atomic E-state index is -0.802. The third kappa shape index (κ3) is 18.6. The van der Waals surface area contributed by atoms with Crippen LogP contribution in [0.4, 0.5) is 48.0 Å². The Morgan fingerprint density at radius 3 is 1.66 bits per heavy atom. The van der Waals surface area contributed by atoms with E-state index in [1.807, 2.05) is 35.2 Å². The summed E-state index contributed by atoms with van der Waals surface area (Å²) in [5.74, 6) is -2.24. The number of hydrogen-bond acceptors (Lipinski definition) is 17. The van der Waals surface area contributed by atoms with Crippen molar-refractivity contribution in [3.05, 3.63) is 83.7 Å². The van der Waals surface area contributed by atoms with Crippen molar-refractivity contribution in [3.63, 3.8) is 0 Å². The van der Waals surface area contributed by atoms with Gasteiger partial charge in [0.05, 0.1) is 35.8 Å². The second-order valence-electron chi connectivity index (χ2n) is 23.0. The fourth-order valence-corrected chi connectivity index (χ4v) is 8.40. The average Bonchev–Trinajstić information content (AvgIpc) is 3.26. The number of aromatic nitrogens is 3. The Balaban J connectivity index is 1.42. The summed E-state index contributed by atoms with van der Waals surface area (Å²) in [7, 11) is 0. The zero-order valence-corrected chi connectivity index (χ0v) is 45.5. The van der Waals surface area contributed by atoms with Crippen LogP contribution in [0.2, 0.25) is 0 Å². The SMILES string of the molecule is CC(C)(C)OC(=O)C[C@@H]1C[C@H](NC(=O)OC(C)(C)C)CN(c2nc(Nc3ccc(NC(=O)c4ccc(F)cc4O)c(OCc4ccccc4)c3)nc(N3C[C@H](NC(=O)OC(C)(C)C)C[C@H](NC(=O)OC(C)(C)C)C3)n2)C1. The Bertz CT molecular complexity index is 2530. The lowest BCUT2D eigenvalue weighted by Gasteiger charge is -2.40. The number of piperidine rings is 2. The predicted molar refractivity (Wildman–Crippen MR) is 283 cm³/mol. The molecule has 0 radical (unpaired) electrons. The third-order valence-corrected chi connectivity index (χ3v) is 11.1. The number of anilines is 5.